The maximum Gasteiger partial charge on any atom is 0.118 e. The summed E-state index contributed by atoms with van der Waals surface area (Å²) in [5.74, 6) is 0.888. The molecule has 1 aliphatic heterocycles. The minimum absolute atomic E-state index is 0.101. The summed E-state index contributed by atoms with van der Waals surface area (Å²) in [5, 5.41) is 9.60. The van der Waals surface area contributed by atoms with Crippen molar-refractivity contribution in [3.63, 3.8) is 0 Å². The van der Waals surface area contributed by atoms with Gasteiger partial charge in [-0.15, -0.1) is 0 Å². The number of likely N-dealkylation sites (tertiary alicyclic amines) is 1. The SMILES string of the molecule is COc1ccc(/C=C/CN2CCC[C@@H](O)CC2)cc1. The van der Waals surface area contributed by atoms with Gasteiger partial charge in [0.2, 0.25) is 0 Å². The van der Waals surface area contributed by atoms with E-state index in [9.17, 15) is 5.11 Å². The standard InChI is InChI=1S/C16H23NO2/c1-19-16-8-6-14(7-9-16)4-2-11-17-12-3-5-15(18)10-13-17/h2,4,6-9,15,18H,3,5,10-13H2,1H3/b4-2+/t15-/m1/s1. The van der Waals surface area contributed by atoms with Crippen LogP contribution >= 0.6 is 0 Å². The first kappa shape index (κ1) is 14.1. The lowest BCUT2D eigenvalue weighted by molar-refractivity contribution is 0.156. The van der Waals surface area contributed by atoms with Crippen molar-refractivity contribution >= 4 is 6.08 Å². The number of hydrogen-bond acceptors (Lipinski definition) is 3. The Hall–Kier alpha value is -1.32. The molecule has 2 rings (SSSR count). The minimum atomic E-state index is -0.101. The average molecular weight is 261 g/mol. The van der Waals surface area contributed by atoms with Crippen LogP contribution in [-0.2, 0) is 0 Å². The first-order chi connectivity index (χ1) is 9.28. The highest BCUT2D eigenvalue weighted by Crippen LogP contribution is 2.13. The predicted octanol–water partition coefficient (Wildman–Crippen LogP) is 2.56. The van der Waals surface area contributed by atoms with E-state index >= 15 is 0 Å². The van der Waals surface area contributed by atoms with E-state index in [1.54, 1.807) is 7.11 Å². The Balaban J connectivity index is 1.81. The summed E-state index contributed by atoms with van der Waals surface area (Å²) in [5.41, 5.74) is 1.19. The molecule has 0 unspecified atom stereocenters. The molecule has 0 bridgehead atoms. The van der Waals surface area contributed by atoms with Crippen LogP contribution in [0.4, 0.5) is 0 Å². The number of nitrogens with zero attached hydrogens (tertiary/aromatic N) is 1. The van der Waals surface area contributed by atoms with Crippen LogP contribution in [0.25, 0.3) is 6.08 Å². The Morgan fingerprint density at radius 1 is 1.26 bits per heavy atom. The van der Waals surface area contributed by atoms with Crippen LogP contribution < -0.4 is 4.74 Å². The number of aliphatic hydroxyl groups is 1. The lowest BCUT2D eigenvalue weighted by Crippen LogP contribution is -2.25. The number of methoxy groups -OCH3 is 1. The Morgan fingerprint density at radius 3 is 2.79 bits per heavy atom. The Bertz CT molecular complexity index is 400. The van der Waals surface area contributed by atoms with Gasteiger partial charge < -0.3 is 9.84 Å². The van der Waals surface area contributed by atoms with Gasteiger partial charge >= 0.3 is 0 Å². The Kier molecular flexibility index (Phi) is 5.43. The number of benzene rings is 1. The fraction of sp³-hybridized carbons (Fsp3) is 0.500. The number of hydrogen-bond donors (Lipinski definition) is 1. The summed E-state index contributed by atoms with van der Waals surface area (Å²) in [4.78, 5) is 2.40. The molecule has 1 N–H and O–H groups in total. The highest BCUT2D eigenvalue weighted by atomic mass is 16.5. The number of aliphatic hydroxyl groups excluding tert-OH is 1. The quantitative estimate of drug-likeness (QED) is 0.904. The fourth-order valence-corrected chi connectivity index (χ4v) is 2.37. The molecule has 0 amide bonds. The molecular weight excluding hydrogens is 238 g/mol. The van der Waals surface area contributed by atoms with E-state index in [1.165, 1.54) is 5.56 Å². The second-order valence-electron chi connectivity index (χ2n) is 5.06. The van der Waals surface area contributed by atoms with Crippen LogP contribution in [0.2, 0.25) is 0 Å². The van der Waals surface area contributed by atoms with Gasteiger partial charge in [0.15, 0.2) is 0 Å². The van der Waals surface area contributed by atoms with Crippen LogP contribution in [0.1, 0.15) is 24.8 Å². The lowest BCUT2D eigenvalue weighted by Gasteiger charge is -2.17. The highest BCUT2D eigenvalue weighted by Gasteiger charge is 2.13. The summed E-state index contributed by atoms with van der Waals surface area (Å²) in [6.45, 7) is 3.04. The van der Waals surface area contributed by atoms with Gasteiger partial charge in [0.05, 0.1) is 13.2 Å². The summed E-state index contributed by atoms with van der Waals surface area (Å²) < 4.78 is 5.14. The summed E-state index contributed by atoms with van der Waals surface area (Å²) >= 11 is 0. The van der Waals surface area contributed by atoms with Crippen molar-refractivity contribution in [2.75, 3.05) is 26.7 Å². The zero-order valence-corrected chi connectivity index (χ0v) is 11.6. The summed E-state index contributed by atoms with van der Waals surface area (Å²) in [6.07, 6.45) is 7.17. The van der Waals surface area contributed by atoms with Crippen molar-refractivity contribution < 1.29 is 9.84 Å². The van der Waals surface area contributed by atoms with E-state index in [4.69, 9.17) is 4.74 Å². The topological polar surface area (TPSA) is 32.7 Å². The molecular formula is C16H23NO2. The van der Waals surface area contributed by atoms with Crippen LogP contribution in [-0.4, -0.2) is 42.9 Å². The molecule has 0 radical (unpaired) electrons. The van der Waals surface area contributed by atoms with Crippen molar-refractivity contribution in [2.45, 2.75) is 25.4 Å². The van der Waals surface area contributed by atoms with Gasteiger partial charge in [-0.05, 0) is 43.5 Å². The van der Waals surface area contributed by atoms with Crippen LogP contribution in [0, 0.1) is 0 Å². The molecule has 3 heteroatoms. The van der Waals surface area contributed by atoms with E-state index in [0.717, 1.165) is 44.6 Å². The first-order valence-corrected chi connectivity index (χ1v) is 6.99. The van der Waals surface area contributed by atoms with Gasteiger partial charge in [0.25, 0.3) is 0 Å². The molecule has 3 nitrogen and oxygen atoms in total. The third-order valence-corrected chi connectivity index (χ3v) is 3.58. The third-order valence-electron chi connectivity index (χ3n) is 3.58. The fourth-order valence-electron chi connectivity index (χ4n) is 2.37. The van der Waals surface area contributed by atoms with Crippen molar-refractivity contribution in [2.24, 2.45) is 0 Å². The van der Waals surface area contributed by atoms with Crippen LogP contribution in [0.5, 0.6) is 5.75 Å². The molecule has 1 fully saturated rings. The first-order valence-electron chi connectivity index (χ1n) is 6.99. The van der Waals surface area contributed by atoms with Crippen molar-refractivity contribution in [3.8, 4) is 5.75 Å². The molecule has 0 aromatic heterocycles. The normalized spacial score (nSPS) is 21.5. The highest BCUT2D eigenvalue weighted by molar-refractivity contribution is 5.50. The van der Waals surface area contributed by atoms with Gasteiger partial charge in [-0.2, -0.15) is 0 Å². The Labute approximate surface area is 115 Å². The van der Waals surface area contributed by atoms with Gasteiger partial charge in [0.1, 0.15) is 5.75 Å². The maximum absolute atomic E-state index is 9.60. The molecule has 1 atom stereocenters. The van der Waals surface area contributed by atoms with E-state index in [1.807, 2.05) is 12.1 Å². The average Bonchev–Trinajstić information content (AvgIpc) is 2.65. The smallest absolute Gasteiger partial charge is 0.118 e. The van der Waals surface area contributed by atoms with E-state index in [2.05, 4.69) is 29.2 Å². The Morgan fingerprint density at radius 2 is 2.05 bits per heavy atom. The van der Waals surface area contributed by atoms with E-state index in [-0.39, 0.29) is 6.10 Å². The molecule has 1 heterocycles. The zero-order chi connectivity index (χ0) is 13.5. The molecule has 1 aliphatic rings. The molecule has 104 valence electrons. The van der Waals surface area contributed by atoms with Gasteiger partial charge in [0, 0.05) is 13.1 Å². The zero-order valence-electron chi connectivity index (χ0n) is 11.6. The van der Waals surface area contributed by atoms with Gasteiger partial charge in [-0.1, -0.05) is 24.3 Å². The molecule has 0 aliphatic carbocycles. The van der Waals surface area contributed by atoms with E-state index < -0.39 is 0 Å². The molecule has 1 aromatic rings. The largest absolute Gasteiger partial charge is 0.497 e. The van der Waals surface area contributed by atoms with Gasteiger partial charge in [-0.25, -0.2) is 0 Å². The second-order valence-corrected chi connectivity index (χ2v) is 5.06. The van der Waals surface area contributed by atoms with Crippen molar-refractivity contribution in [1.82, 2.24) is 4.90 Å². The number of ether oxygens (including phenoxy) is 1. The third kappa shape index (κ3) is 4.69. The number of rotatable bonds is 4. The molecule has 0 spiro atoms. The molecule has 1 saturated heterocycles. The van der Waals surface area contributed by atoms with Crippen LogP contribution in [0.3, 0.4) is 0 Å². The molecule has 1 aromatic carbocycles. The minimum Gasteiger partial charge on any atom is -0.497 e. The summed E-state index contributed by atoms with van der Waals surface area (Å²) in [7, 11) is 1.68. The van der Waals surface area contributed by atoms with Crippen molar-refractivity contribution in [1.29, 1.82) is 0 Å². The summed E-state index contributed by atoms with van der Waals surface area (Å²) in [6, 6.07) is 8.06. The van der Waals surface area contributed by atoms with Crippen molar-refractivity contribution in [3.05, 3.63) is 35.9 Å². The lowest BCUT2D eigenvalue weighted by atomic mass is 10.2. The predicted molar refractivity (Wildman–Crippen MR) is 78.3 cm³/mol. The second kappa shape index (κ2) is 7.31. The van der Waals surface area contributed by atoms with Gasteiger partial charge in [-0.3, -0.25) is 4.90 Å². The molecule has 0 saturated carbocycles. The maximum atomic E-state index is 9.60. The van der Waals surface area contributed by atoms with Crippen LogP contribution in [0.15, 0.2) is 30.3 Å². The molecule has 19 heavy (non-hydrogen) atoms. The monoisotopic (exact) mass is 261 g/mol. The van der Waals surface area contributed by atoms with E-state index in [0.29, 0.717) is 0 Å².